The minimum absolute atomic E-state index is 0.515. The topological polar surface area (TPSA) is 50.9 Å². The van der Waals surface area contributed by atoms with Crippen LogP contribution >= 0.6 is 0 Å². The highest BCUT2D eigenvalue weighted by molar-refractivity contribution is 5.49. The van der Waals surface area contributed by atoms with Crippen LogP contribution in [0.3, 0.4) is 0 Å². The third-order valence-electron chi connectivity index (χ3n) is 6.50. The van der Waals surface area contributed by atoms with Gasteiger partial charge in [-0.25, -0.2) is 4.98 Å². The number of rotatable bonds is 3. The Kier molecular flexibility index (Phi) is 2.95. The molecule has 0 aromatic carbocycles. The minimum Gasteiger partial charge on any atom is -0.397 e. The summed E-state index contributed by atoms with van der Waals surface area (Å²) in [5.41, 5.74) is 8.10. The van der Waals surface area contributed by atoms with Crippen LogP contribution in [-0.4, -0.2) is 11.0 Å². The molecule has 4 saturated carbocycles. The van der Waals surface area contributed by atoms with Crippen molar-refractivity contribution in [2.24, 2.45) is 23.2 Å². The van der Waals surface area contributed by atoms with Crippen LogP contribution in [-0.2, 0) is 0 Å². The largest absolute Gasteiger partial charge is 0.397 e. The van der Waals surface area contributed by atoms with Gasteiger partial charge in [0.05, 0.1) is 11.4 Å². The molecule has 1 heterocycles. The van der Waals surface area contributed by atoms with Gasteiger partial charge >= 0.3 is 0 Å². The maximum Gasteiger partial charge on any atom is 0.126 e. The van der Waals surface area contributed by atoms with E-state index in [9.17, 15) is 0 Å². The minimum atomic E-state index is 0.515. The molecular formula is C18H27N3. The van der Waals surface area contributed by atoms with Crippen molar-refractivity contribution >= 4 is 11.5 Å². The first-order valence-corrected chi connectivity index (χ1v) is 8.54. The summed E-state index contributed by atoms with van der Waals surface area (Å²) < 4.78 is 0. The fourth-order valence-electron chi connectivity index (χ4n) is 5.74. The van der Waals surface area contributed by atoms with Gasteiger partial charge in [-0.1, -0.05) is 0 Å². The van der Waals surface area contributed by atoms with E-state index in [1.165, 1.54) is 38.5 Å². The standard InChI is InChI=1S/C18H27N3/c1-11-16(19)3-4-17(20-11)21-12(2)18-8-13-5-14(9-18)7-15(6-13)10-18/h3-4,12-15H,5-10,19H2,1-2H3,(H,20,21). The van der Waals surface area contributed by atoms with Crippen molar-refractivity contribution in [1.29, 1.82) is 0 Å². The van der Waals surface area contributed by atoms with E-state index in [2.05, 4.69) is 17.2 Å². The van der Waals surface area contributed by atoms with Gasteiger partial charge in [-0.3, -0.25) is 0 Å². The molecule has 3 heteroatoms. The van der Waals surface area contributed by atoms with Gasteiger partial charge in [0.15, 0.2) is 0 Å². The van der Waals surface area contributed by atoms with Crippen molar-refractivity contribution < 1.29 is 0 Å². The predicted octanol–water partition coefficient (Wildman–Crippen LogP) is 3.99. The van der Waals surface area contributed by atoms with Gasteiger partial charge in [-0.05, 0) is 87.7 Å². The van der Waals surface area contributed by atoms with Crippen molar-refractivity contribution in [2.45, 2.75) is 58.4 Å². The Morgan fingerprint density at radius 3 is 2.24 bits per heavy atom. The van der Waals surface area contributed by atoms with E-state index in [-0.39, 0.29) is 0 Å². The number of aromatic nitrogens is 1. The predicted molar refractivity (Wildman–Crippen MR) is 87.1 cm³/mol. The highest BCUT2D eigenvalue weighted by Gasteiger charge is 2.53. The summed E-state index contributed by atoms with van der Waals surface area (Å²) >= 11 is 0. The van der Waals surface area contributed by atoms with E-state index in [0.29, 0.717) is 11.5 Å². The van der Waals surface area contributed by atoms with E-state index in [4.69, 9.17) is 5.73 Å². The number of hydrogen-bond acceptors (Lipinski definition) is 3. The van der Waals surface area contributed by atoms with E-state index in [1.54, 1.807) is 0 Å². The summed E-state index contributed by atoms with van der Waals surface area (Å²) in [6, 6.07) is 4.51. The molecule has 114 valence electrons. The Bertz CT molecular complexity index is 516. The number of aryl methyl sites for hydroxylation is 1. The molecule has 1 aromatic rings. The van der Waals surface area contributed by atoms with Crippen LogP contribution in [0, 0.1) is 30.1 Å². The van der Waals surface area contributed by atoms with Crippen LogP contribution in [0.25, 0.3) is 0 Å². The molecule has 4 aliphatic carbocycles. The summed E-state index contributed by atoms with van der Waals surface area (Å²) in [4.78, 5) is 4.60. The molecule has 3 N–H and O–H groups in total. The number of anilines is 2. The zero-order valence-electron chi connectivity index (χ0n) is 13.2. The average Bonchev–Trinajstić information content (AvgIpc) is 2.41. The van der Waals surface area contributed by atoms with Crippen LogP contribution in [0.4, 0.5) is 11.5 Å². The molecule has 1 atom stereocenters. The monoisotopic (exact) mass is 285 g/mol. The fraction of sp³-hybridized carbons (Fsp3) is 0.722. The molecule has 0 spiro atoms. The molecule has 4 aliphatic rings. The van der Waals surface area contributed by atoms with Gasteiger partial charge in [-0.15, -0.1) is 0 Å². The lowest BCUT2D eigenvalue weighted by Gasteiger charge is -2.59. The molecule has 5 rings (SSSR count). The summed E-state index contributed by atoms with van der Waals surface area (Å²) in [7, 11) is 0. The molecule has 0 saturated heterocycles. The molecule has 0 amide bonds. The molecule has 4 fully saturated rings. The zero-order valence-corrected chi connectivity index (χ0v) is 13.2. The second-order valence-electron chi connectivity index (χ2n) is 8.02. The fourth-order valence-corrected chi connectivity index (χ4v) is 5.74. The normalized spacial score (nSPS) is 38.5. The number of nitrogens with zero attached hydrogens (tertiary/aromatic N) is 1. The SMILES string of the molecule is Cc1nc(NC(C)C23CC4CC(CC(C4)C2)C3)ccc1N. The first-order chi connectivity index (χ1) is 10.0. The van der Waals surface area contributed by atoms with Crippen LogP contribution < -0.4 is 11.1 Å². The Morgan fingerprint density at radius 1 is 1.14 bits per heavy atom. The number of nitrogens with one attached hydrogen (secondary N) is 1. The quantitative estimate of drug-likeness (QED) is 0.883. The third kappa shape index (κ3) is 2.21. The van der Waals surface area contributed by atoms with E-state index in [0.717, 1.165) is 35.0 Å². The molecular weight excluding hydrogens is 258 g/mol. The molecule has 4 bridgehead atoms. The van der Waals surface area contributed by atoms with Gasteiger partial charge in [0, 0.05) is 6.04 Å². The third-order valence-corrected chi connectivity index (χ3v) is 6.50. The Morgan fingerprint density at radius 2 is 1.71 bits per heavy atom. The van der Waals surface area contributed by atoms with Gasteiger partial charge < -0.3 is 11.1 Å². The molecule has 0 radical (unpaired) electrons. The number of nitrogens with two attached hydrogens (primary N) is 1. The summed E-state index contributed by atoms with van der Waals surface area (Å²) in [6.45, 7) is 4.36. The lowest BCUT2D eigenvalue weighted by atomic mass is 9.48. The molecule has 1 unspecified atom stereocenters. The number of hydrogen-bond donors (Lipinski definition) is 2. The maximum absolute atomic E-state index is 5.88. The first kappa shape index (κ1) is 13.4. The number of pyridine rings is 1. The van der Waals surface area contributed by atoms with Gasteiger partial charge in [0.1, 0.15) is 5.82 Å². The van der Waals surface area contributed by atoms with Crippen LogP contribution in [0.2, 0.25) is 0 Å². The zero-order chi connectivity index (χ0) is 14.6. The van der Waals surface area contributed by atoms with Gasteiger partial charge in [0.25, 0.3) is 0 Å². The van der Waals surface area contributed by atoms with Gasteiger partial charge in [-0.2, -0.15) is 0 Å². The summed E-state index contributed by atoms with van der Waals surface area (Å²) in [5, 5.41) is 3.70. The molecule has 3 nitrogen and oxygen atoms in total. The van der Waals surface area contributed by atoms with E-state index >= 15 is 0 Å². The van der Waals surface area contributed by atoms with Crippen molar-refractivity contribution in [2.75, 3.05) is 11.1 Å². The van der Waals surface area contributed by atoms with Crippen LogP contribution in [0.15, 0.2) is 12.1 Å². The van der Waals surface area contributed by atoms with Crippen LogP contribution in [0.1, 0.15) is 51.1 Å². The summed E-state index contributed by atoms with van der Waals surface area (Å²) in [5.74, 6) is 4.00. The lowest BCUT2D eigenvalue weighted by Crippen LogP contribution is -2.53. The van der Waals surface area contributed by atoms with Crippen LogP contribution in [0.5, 0.6) is 0 Å². The second kappa shape index (κ2) is 4.62. The average molecular weight is 285 g/mol. The lowest BCUT2D eigenvalue weighted by molar-refractivity contribution is -0.0603. The maximum atomic E-state index is 5.88. The smallest absolute Gasteiger partial charge is 0.126 e. The van der Waals surface area contributed by atoms with Crippen molar-refractivity contribution in [1.82, 2.24) is 4.98 Å². The van der Waals surface area contributed by atoms with E-state index in [1.807, 2.05) is 19.1 Å². The molecule has 0 aliphatic heterocycles. The number of nitrogen functional groups attached to an aromatic ring is 1. The van der Waals surface area contributed by atoms with E-state index < -0.39 is 0 Å². The molecule has 21 heavy (non-hydrogen) atoms. The Hall–Kier alpha value is -1.25. The highest BCUT2D eigenvalue weighted by Crippen LogP contribution is 2.61. The van der Waals surface area contributed by atoms with Crippen molar-refractivity contribution in [3.8, 4) is 0 Å². The Balaban J connectivity index is 1.54. The second-order valence-corrected chi connectivity index (χ2v) is 8.02. The summed E-state index contributed by atoms with van der Waals surface area (Å²) in [6.07, 6.45) is 8.81. The van der Waals surface area contributed by atoms with Gasteiger partial charge in [0.2, 0.25) is 0 Å². The Labute approximate surface area is 127 Å². The van der Waals surface area contributed by atoms with Crippen molar-refractivity contribution in [3.63, 3.8) is 0 Å². The highest BCUT2D eigenvalue weighted by atomic mass is 15.0. The van der Waals surface area contributed by atoms with Crippen molar-refractivity contribution in [3.05, 3.63) is 17.8 Å². The first-order valence-electron chi connectivity index (χ1n) is 8.54. The molecule has 1 aromatic heterocycles.